The molecule has 0 radical (unpaired) electrons. The van der Waals surface area contributed by atoms with Crippen molar-refractivity contribution < 1.29 is 9.72 Å². The topological polar surface area (TPSA) is 102 Å². The summed E-state index contributed by atoms with van der Waals surface area (Å²) in [6, 6.07) is 8.04. The zero-order chi connectivity index (χ0) is 18.5. The highest BCUT2D eigenvalue weighted by Crippen LogP contribution is 2.22. The average Bonchev–Trinajstić information content (AvgIpc) is 3.17. The molecule has 2 aromatic rings. The van der Waals surface area contributed by atoms with Crippen LogP contribution in [0.25, 0.3) is 0 Å². The Labute approximate surface area is 151 Å². The maximum Gasteiger partial charge on any atom is 0.272 e. The van der Waals surface area contributed by atoms with Crippen molar-refractivity contribution in [3.63, 3.8) is 0 Å². The molecule has 0 saturated carbocycles. The van der Waals surface area contributed by atoms with E-state index in [9.17, 15) is 14.9 Å². The van der Waals surface area contributed by atoms with Gasteiger partial charge in [-0.25, -0.2) is 0 Å². The maximum atomic E-state index is 12.6. The van der Waals surface area contributed by atoms with Gasteiger partial charge in [-0.3, -0.25) is 19.6 Å². The number of amides is 1. The molecule has 2 atom stereocenters. The number of non-ortho nitro benzene ring substituents is 1. The Bertz CT molecular complexity index is 783. The molecule has 8 heteroatoms. The van der Waals surface area contributed by atoms with Crippen LogP contribution in [-0.2, 0) is 0 Å². The van der Waals surface area contributed by atoms with E-state index in [1.807, 2.05) is 17.8 Å². The summed E-state index contributed by atoms with van der Waals surface area (Å²) in [4.78, 5) is 23.1. The molecule has 1 aliphatic rings. The molecule has 3 rings (SSSR count). The first kappa shape index (κ1) is 18.1. The van der Waals surface area contributed by atoms with Crippen molar-refractivity contribution in [1.29, 1.82) is 0 Å². The summed E-state index contributed by atoms with van der Waals surface area (Å²) in [6.45, 7) is 3.80. The lowest BCUT2D eigenvalue weighted by atomic mass is 10.0. The second-order valence-corrected chi connectivity index (χ2v) is 6.47. The lowest BCUT2D eigenvalue weighted by Crippen LogP contribution is -2.32. The molecule has 1 fully saturated rings. The second kappa shape index (κ2) is 8.09. The number of carbonyl (C=O) groups excluding carboxylic acids is 1. The van der Waals surface area contributed by atoms with Crippen molar-refractivity contribution in [2.45, 2.75) is 38.3 Å². The second-order valence-electron chi connectivity index (χ2n) is 6.47. The highest BCUT2D eigenvalue weighted by atomic mass is 16.6. The fourth-order valence-corrected chi connectivity index (χ4v) is 3.23. The number of nitro groups is 1. The summed E-state index contributed by atoms with van der Waals surface area (Å²) in [5.41, 5.74) is 1.09. The highest BCUT2D eigenvalue weighted by molar-refractivity contribution is 5.92. The number of carbonyl (C=O) groups is 1. The van der Waals surface area contributed by atoms with Crippen molar-refractivity contribution in [2.24, 2.45) is 0 Å². The van der Waals surface area contributed by atoms with Crippen molar-refractivity contribution in [3.05, 3.63) is 57.9 Å². The largest absolute Gasteiger partial charge is 0.344 e. The van der Waals surface area contributed by atoms with Crippen LogP contribution in [0.15, 0.2) is 36.5 Å². The van der Waals surface area contributed by atoms with Crippen LogP contribution in [0.3, 0.4) is 0 Å². The Morgan fingerprint density at radius 1 is 1.50 bits per heavy atom. The van der Waals surface area contributed by atoms with E-state index in [0.29, 0.717) is 17.7 Å². The molecule has 26 heavy (non-hydrogen) atoms. The molecule has 0 spiro atoms. The van der Waals surface area contributed by atoms with Gasteiger partial charge in [-0.2, -0.15) is 5.10 Å². The van der Waals surface area contributed by atoms with Crippen LogP contribution in [0.4, 0.5) is 5.69 Å². The third kappa shape index (κ3) is 4.08. The van der Waals surface area contributed by atoms with Gasteiger partial charge >= 0.3 is 0 Å². The van der Waals surface area contributed by atoms with Crippen LogP contribution < -0.4 is 10.6 Å². The number of nitrogens with one attached hydrogen (secondary N) is 2. The molecule has 138 valence electrons. The molecule has 0 aliphatic carbocycles. The maximum absolute atomic E-state index is 12.6. The third-order valence-electron chi connectivity index (χ3n) is 4.68. The van der Waals surface area contributed by atoms with E-state index in [1.165, 1.54) is 12.1 Å². The van der Waals surface area contributed by atoms with Crippen molar-refractivity contribution in [2.75, 3.05) is 13.1 Å². The predicted octanol–water partition coefficient (Wildman–Crippen LogP) is 2.60. The minimum atomic E-state index is -0.433. The van der Waals surface area contributed by atoms with Gasteiger partial charge in [-0.15, -0.1) is 0 Å². The summed E-state index contributed by atoms with van der Waals surface area (Å²) in [7, 11) is 0. The first-order chi connectivity index (χ1) is 12.6. The number of hydrogen-bond acceptors (Lipinski definition) is 5. The zero-order valence-electron chi connectivity index (χ0n) is 14.7. The molecule has 8 nitrogen and oxygen atoms in total. The van der Waals surface area contributed by atoms with E-state index in [0.717, 1.165) is 25.9 Å². The molecule has 0 bridgehead atoms. The number of piperidine rings is 1. The SMILES string of the molecule is CCC(NC(=O)c1ccn(C2CCCNC2)n1)c1cccc([N+](=O)[O-])c1. The summed E-state index contributed by atoms with van der Waals surface area (Å²) in [5.74, 6) is -0.272. The fourth-order valence-electron chi connectivity index (χ4n) is 3.23. The molecule has 1 aromatic carbocycles. The smallest absolute Gasteiger partial charge is 0.272 e. The molecule has 2 unspecified atom stereocenters. The van der Waals surface area contributed by atoms with Crippen LogP contribution in [0.1, 0.15) is 54.3 Å². The van der Waals surface area contributed by atoms with Crippen molar-refractivity contribution in [1.82, 2.24) is 20.4 Å². The summed E-state index contributed by atoms with van der Waals surface area (Å²) in [6.07, 6.45) is 4.60. The Balaban J connectivity index is 1.70. The number of benzene rings is 1. The van der Waals surface area contributed by atoms with Crippen LogP contribution in [-0.4, -0.2) is 33.7 Å². The zero-order valence-corrected chi connectivity index (χ0v) is 14.7. The van der Waals surface area contributed by atoms with E-state index in [2.05, 4.69) is 15.7 Å². The van der Waals surface area contributed by atoms with Crippen LogP contribution >= 0.6 is 0 Å². The van der Waals surface area contributed by atoms with Crippen LogP contribution in [0.2, 0.25) is 0 Å². The van der Waals surface area contributed by atoms with E-state index < -0.39 is 4.92 Å². The first-order valence-electron chi connectivity index (χ1n) is 8.89. The predicted molar refractivity (Wildman–Crippen MR) is 97.0 cm³/mol. The summed E-state index contributed by atoms with van der Waals surface area (Å²) >= 11 is 0. The van der Waals surface area contributed by atoms with Gasteiger partial charge in [-0.1, -0.05) is 19.1 Å². The molecule has 2 heterocycles. The third-order valence-corrected chi connectivity index (χ3v) is 4.68. The number of hydrogen-bond donors (Lipinski definition) is 2. The normalized spacial score (nSPS) is 18.3. The van der Waals surface area contributed by atoms with E-state index in [1.54, 1.807) is 18.2 Å². The Morgan fingerprint density at radius 3 is 3.04 bits per heavy atom. The molecule has 1 saturated heterocycles. The van der Waals surface area contributed by atoms with Gasteiger partial charge in [0.15, 0.2) is 0 Å². The minimum Gasteiger partial charge on any atom is -0.344 e. The summed E-state index contributed by atoms with van der Waals surface area (Å²) < 4.78 is 1.84. The van der Waals surface area contributed by atoms with Gasteiger partial charge in [0.2, 0.25) is 0 Å². The van der Waals surface area contributed by atoms with E-state index >= 15 is 0 Å². The quantitative estimate of drug-likeness (QED) is 0.611. The Morgan fingerprint density at radius 2 is 2.35 bits per heavy atom. The lowest BCUT2D eigenvalue weighted by molar-refractivity contribution is -0.384. The molecule has 1 amide bonds. The molecule has 2 N–H and O–H groups in total. The van der Waals surface area contributed by atoms with Gasteiger partial charge in [0.05, 0.1) is 17.0 Å². The summed E-state index contributed by atoms with van der Waals surface area (Å²) in [5, 5.41) is 21.6. The fraction of sp³-hybridized carbons (Fsp3) is 0.444. The van der Waals surface area contributed by atoms with Crippen molar-refractivity contribution in [3.8, 4) is 0 Å². The minimum absolute atomic E-state index is 0.0178. The standard InChI is InChI=1S/C18H23N5O3/c1-2-16(13-5-3-6-14(11-13)23(25)26)20-18(24)17-8-10-22(21-17)15-7-4-9-19-12-15/h3,5-6,8,10-11,15-16,19H,2,4,7,9,12H2,1H3,(H,20,24). The molecular weight excluding hydrogens is 334 g/mol. The van der Waals surface area contributed by atoms with E-state index in [-0.39, 0.29) is 23.7 Å². The van der Waals surface area contributed by atoms with E-state index in [4.69, 9.17) is 0 Å². The molecular formula is C18H23N5O3. The van der Waals surface area contributed by atoms with Gasteiger partial charge in [0.25, 0.3) is 11.6 Å². The van der Waals surface area contributed by atoms with Gasteiger partial charge in [-0.05, 0) is 37.4 Å². The lowest BCUT2D eigenvalue weighted by Gasteiger charge is -2.23. The number of rotatable bonds is 6. The van der Waals surface area contributed by atoms with Crippen LogP contribution in [0.5, 0.6) is 0 Å². The Kier molecular flexibility index (Phi) is 5.62. The number of nitrogens with zero attached hydrogens (tertiary/aromatic N) is 3. The van der Waals surface area contributed by atoms with Crippen LogP contribution in [0, 0.1) is 10.1 Å². The number of nitro benzene ring substituents is 1. The van der Waals surface area contributed by atoms with Crippen molar-refractivity contribution >= 4 is 11.6 Å². The molecule has 1 aliphatic heterocycles. The van der Waals surface area contributed by atoms with Gasteiger partial charge < -0.3 is 10.6 Å². The monoisotopic (exact) mass is 357 g/mol. The average molecular weight is 357 g/mol. The first-order valence-corrected chi connectivity index (χ1v) is 8.89. The highest BCUT2D eigenvalue weighted by Gasteiger charge is 2.20. The molecule has 1 aromatic heterocycles. The Hall–Kier alpha value is -2.74. The number of aromatic nitrogens is 2. The van der Waals surface area contributed by atoms with Gasteiger partial charge in [0.1, 0.15) is 5.69 Å². The van der Waals surface area contributed by atoms with Gasteiger partial charge in [0, 0.05) is 24.9 Å².